The van der Waals surface area contributed by atoms with Gasteiger partial charge in [-0.05, 0) is 17.0 Å². The number of aliphatic imine (C=N–C) groups is 1. The Bertz CT molecular complexity index is 115. The average Bonchev–Trinajstić information content (AvgIpc) is 1.69. The number of nitrogens with zero attached hydrogens (tertiary/aromatic N) is 1. The molecule has 0 bridgehead atoms. The fraction of sp³-hybridized carbons (Fsp3) is 0.400. The summed E-state index contributed by atoms with van der Waals surface area (Å²) in [5, 5.41) is 0. The van der Waals surface area contributed by atoms with Crippen LogP contribution < -0.4 is 0 Å². The van der Waals surface area contributed by atoms with Crippen LogP contribution in [0.1, 0.15) is 6.42 Å². The summed E-state index contributed by atoms with van der Waals surface area (Å²) in [5.74, 6) is 0. The first kappa shape index (κ1) is 5.04. The molecule has 1 aliphatic rings. The van der Waals surface area contributed by atoms with E-state index in [9.17, 15) is 0 Å². The molecular formula is C5H6BrN. The Kier molecular flexibility index (Phi) is 1.63. The SMILES string of the molecule is BrC1=CC=NCC1. The van der Waals surface area contributed by atoms with E-state index in [2.05, 4.69) is 20.9 Å². The van der Waals surface area contributed by atoms with E-state index >= 15 is 0 Å². The standard InChI is InChI=1S/C5H6BrN/c6-5-1-3-7-4-2-5/h1,3H,2,4H2. The van der Waals surface area contributed by atoms with Crippen molar-refractivity contribution in [3.05, 3.63) is 10.6 Å². The minimum Gasteiger partial charge on any atom is -0.293 e. The van der Waals surface area contributed by atoms with Gasteiger partial charge in [-0.15, -0.1) is 0 Å². The molecule has 0 unspecified atom stereocenters. The van der Waals surface area contributed by atoms with Crippen LogP contribution in [-0.2, 0) is 0 Å². The molecule has 0 radical (unpaired) electrons. The number of halogens is 1. The summed E-state index contributed by atoms with van der Waals surface area (Å²) in [6, 6.07) is 0. The molecule has 0 aromatic rings. The molecule has 1 rings (SSSR count). The van der Waals surface area contributed by atoms with Gasteiger partial charge >= 0.3 is 0 Å². The Morgan fingerprint density at radius 1 is 1.71 bits per heavy atom. The Morgan fingerprint density at radius 2 is 2.57 bits per heavy atom. The predicted molar refractivity (Wildman–Crippen MR) is 35.0 cm³/mol. The number of dihydropyridines is 1. The first-order chi connectivity index (χ1) is 3.39. The lowest BCUT2D eigenvalue weighted by atomic mass is 10.3. The van der Waals surface area contributed by atoms with Crippen molar-refractivity contribution in [1.29, 1.82) is 0 Å². The molecule has 0 aromatic heterocycles. The maximum absolute atomic E-state index is 4.00. The molecule has 0 saturated heterocycles. The van der Waals surface area contributed by atoms with Crippen LogP contribution in [0.5, 0.6) is 0 Å². The lowest BCUT2D eigenvalue weighted by Gasteiger charge is -1.96. The van der Waals surface area contributed by atoms with Crippen molar-refractivity contribution in [2.45, 2.75) is 6.42 Å². The van der Waals surface area contributed by atoms with E-state index < -0.39 is 0 Å². The van der Waals surface area contributed by atoms with Gasteiger partial charge in [0.1, 0.15) is 0 Å². The zero-order valence-corrected chi connectivity index (χ0v) is 5.48. The number of allylic oxidation sites excluding steroid dienone is 1. The molecule has 1 nitrogen and oxygen atoms in total. The van der Waals surface area contributed by atoms with Crippen LogP contribution in [0.3, 0.4) is 0 Å². The van der Waals surface area contributed by atoms with E-state index in [-0.39, 0.29) is 0 Å². The Labute approximate surface area is 51.3 Å². The zero-order chi connectivity index (χ0) is 5.11. The van der Waals surface area contributed by atoms with Crippen molar-refractivity contribution in [2.75, 3.05) is 6.54 Å². The van der Waals surface area contributed by atoms with Crippen LogP contribution in [0.4, 0.5) is 0 Å². The molecule has 2 heteroatoms. The normalized spacial score (nSPS) is 19.3. The minimum atomic E-state index is 0.942. The van der Waals surface area contributed by atoms with Crippen LogP contribution in [-0.4, -0.2) is 12.8 Å². The first-order valence-electron chi connectivity index (χ1n) is 2.24. The van der Waals surface area contributed by atoms with Crippen molar-refractivity contribution >= 4 is 22.1 Å². The smallest absolute Gasteiger partial charge is 0.0434 e. The topological polar surface area (TPSA) is 12.4 Å². The first-order valence-corrected chi connectivity index (χ1v) is 3.03. The van der Waals surface area contributed by atoms with E-state index in [4.69, 9.17) is 0 Å². The van der Waals surface area contributed by atoms with Gasteiger partial charge in [0.25, 0.3) is 0 Å². The molecule has 0 amide bonds. The highest BCUT2D eigenvalue weighted by molar-refractivity contribution is 9.11. The molecular weight excluding hydrogens is 154 g/mol. The van der Waals surface area contributed by atoms with Crippen LogP contribution in [0.2, 0.25) is 0 Å². The van der Waals surface area contributed by atoms with Gasteiger partial charge in [0, 0.05) is 12.8 Å². The molecule has 0 saturated carbocycles. The molecule has 1 aliphatic heterocycles. The summed E-state index contributed by atoms with van der Waals surface area (Å²) in [4.78, 5) is 4.00. The summed E-state index contributed by atoms with van der Waals surface area (Å²) >= 11 is 3.36. The van der Waals surface area contributed by atoms with Crippen molar-refractivity contribution < 1.29 is 0 Å². The lowest BCUT2D eigenvalue weighted by Crippen LogP contribution is -1.86. The molecule has 0 atom stereocenters. The molecule has 0 aromatic carbocycles. The number of rotatable bonds is 0. The van der Waals surface area contributed by atoms with Crippen molar-refractivity contribution in [1.82, 2.24) is 0 Å². The number of hydrogen-bond acceptors (Lipinski definition) is 1. The third kappa shape index (κ3) is 1.43. The van der Waals surface area contributed by atoms with Crippen LogP contribution in [0.15, 0.2) is 15.6 Å². The van der Waals surface area contributed by atoms with E-state index in [1.807, 2.05) is 12.3 Å². The maximum Gasteiger partial charge on any atom is 0.0434 e. The van der Waals surface area contributed by atoms with Gasteiger partial charge in [-0.2, -0.15) is 0 Å². The van der Waals surface area contributed by atoms with Gasteiger partial charge in [-0.25, -0.2) is 0 Å². The lowest BCUT2D eigenvalue weighted by molar-refractivity contribution is 0.993. The van der Waals surface area contributed by atoms with Gasteiger partial charge in [-0.1, -0.05) is 15.9 Å². The molecule has 38 valence electrons. The van der Waals surface area contributed by atoms with E-state index in [0.717, 1.165) is 13.0 Å². The molecule has 0 N–H and O–H groups in total. The van der Waals surface area contributed by atoms with Gasteiger partial charge in [0.2, 0.25) is 0 Å². The van der Waals surface area contributed by atoms with E-state index in [1.54, 1.807) is 0 Å². The molecule has 0 spiro atoms. The average molecular weight is 160 g/mol. The minimum absolute atomic E-state index is 0.942. The monoisotopic (exact) mass is 159 g/mol. The van der Waals surface area contributed by atoms with Crippen molar-refractivity contribution in [3.63, 3.8) is 0 Å². The molecule has 7 heavy (non-hydrogen) atoms. The fourth-order valence-electron chi connectivity index (χ4n) is 0.463. The second-order valence-corrected chi connectivity index (χ2v) is 2.44. The largest absolute Gasteiger partial charge is 0.293 e. The predicted octanol–water partition coefficient (Wildman–Crippen LogP) is 1.74. The van der Waals surface area contributed by atoms with E-state index in [1.165, 1.54) is 4.48 Å². The second-order valence-electron chi connectivity index (χ2n) is 1.42. The van der Waals surface area contributed by atoms with Crippen molar-refractivity contribution in [3.8, 4) is 0 Å². The quantitative estimate of drug-likeness (QED) is 0.511. The zero-order valence-electron chi connectivity index (χ0n) is 3.89. The molecule has 0 fully saturated rings. The highest BCUT2D eigenvalue weighted by Gasteiger charge is 1.91. The Balaban J connectivity index is 2.57. The van der Waals surface area contributed by atoms with E-state index in [0.29, 0.717) is 0 Å². The van der Waals surface area contributed by atoms with Crippen LogP contribution >= 0.6 is 15.9 Å². The third-order valence-electron chi connectivity index (χ3n) is 0.841. The molecule has 1 heterocycles. The fourth-order valence-corrected chi connectivity index (χ4v) is 0.758. The second kappa shape index (κ2) is 2.26. The maximum atomic E-state index is 4.00. The van der Waals surface area contributed by atoms with Gasteiger partial charge in [0.15, 0.2) is 0 Å². The Morgan fingerprint density at radius 3 is 2.86 bits per heavy atom. The van der Waals surface area contributed by atoms with Crippen molar-refractivity contribution in [2.24, 2.45) is 4.99 Å². The summed E-state index contributed by atoms with van der Waals surface area (Å²) in [6.45, 7) is 0.942. The van der Waals surface area contributed by atoms with Crippen LogP contribution in [0, 0.1) is 0 Å². The summed E-state index contributed by atoms with van der Waals surface area (Å²) < 4.78 is 1.25. The highest BCUT2D eigenvalue weighted by atomic mass is 79.9. The number of hydrogen-bond donors (Lipinski definition) is 0. The Hall–Kier alpha value is -0.110. The summed E-state index contributed by atoms with van der Waals surface area (Å²) in [6.07, 6.45) is 4.87. The van der Waals surface area contributed by atoms with Crippen LogP contribution in [0.25, 0.3) is 0 Å². The van der Waals surface area contributed by atoms with Gasteiger partial charge in [0.05, 0.1) is 0 Å². The van der Waals surface area contributed by atoms with Gasteiger partial charge in [-0.3, -0.25) is 4.99 Å². The molecule has 0 aliphatic carbocycles. The summed E-state index contributed by atoms with van der Waals surface area (Å²) in [7, 11) is 0. The summed E-state index contributed by atoms with van der Waals surface area (Å²) in [5.41, 5.74) is 0. The third-order valence-corrected chi connectivity index (χ3v) is 1.50. The van der Waals surface area contributed by atoms with Gasteiger partial charge < -0.3 is 0 Å². The highest BCUT2D eigenvalue weighted by Crippen LogP contribution is 2.10.